The Labute approximate surface area is 66.3 Å². The lowest BCUT2D eigenvalue weighted by Gasteiger charge is -2.11. The minimum atomic E-state index is 0.0660. The van der Waals surface area contributed by atoms with Crippen LogP contribution in [0.3, 0.4) is 0 Å². The van der Waals surface area contributed by atoms with Crippen LogP contribution in [0.4, 0.5) is 0 Å². The lowest BCUT2D eigenvalue weighted by atomic mass is 10.3. The van der Waals surface area contributed by atoms with Crippen molar-refractivity contribution >= 4 is 0 Å². The van der Waals surface area contributed by atoms with Crippen molar-refractivity contribution in [3.05, 3.63) is 30.1 Å². The molecule has 0 spiro atoms. The summed E-state index contributed by atoms with van der Waals surface area (Å²) in [5.74, 6) is 0. The van der Waals surface area contributed by atoms with Gasteiger partial charge in [0.2, 0.25) is 0 Å². The fraction of sp³-hybridized carbons (Fsp3) is 0.375. The molecule has 0 unspecified atom stereocenters. The summed E-state index contributed by atoms with van der Waals surface area (Å²) in [4.78, 5) is 5.89. The van der Waals surface area contributed by atoms with Crippen LogP contribution >= 0.6 is 0 Å². The highest BCUT2D eigenvalue weighted by Crippen LogP contribution is 1.96. The molecule has 0 bridgehead atoms. The van der Waals surface area contributed by atoms with Crippen LogP contribution in [0.5, 0.6) is 0 Å². The van der Waals surface area contributed by atoms with E-state index in [9.17, 15) is 0 Å². The number of hydrogen-bond acceptors (Lipinski definition) is 3. The minimum absolute atomic E-state index is 0.0660. The van der Waals surface area contributed by atoms with Gasteiger partial charge in [-0.15, -0.1) is 0 Å². The van der Waals surface area contributed by atoms with Crippen LogP contribution in [-0.4, -0.2) is 28.8 Å². The van der Waals surface area contributed by atoms with Crippen molar-refractivity contribution in [1.29, 1.82) is 0 Å². The first-order valence-corrected chi connectivity index (χ1v) is 3.52. The molecule has 1 aromatic rings. The molecule has 0 aliphatic rings. The molecule has 11 heavy (non-hydrogen) atoms. The van der Waals surface area contributed by atoms with Gasteiger partial charge in [0.15, 0.2) is 0 Å². The molecule has 3 heteroatoms. The molecule has 1 N–H and O–H groups in total. The molecule has 0 atom stereocenters. The monoisotopic (exact) mass is 152 g/mol. The molecule has 0 aromatic carbocycles. The number of hydrogen-bond donors (Lipinski definition) is 1. The second-order valence-electron chi connectivity index (χ2n) is 2.48. The van der Waals surface area contributed by atoms with Crippen molar-refractivity contribution in [2.75, 3.05) is 13.8 Å². The molecule has 1 aromatic heterocycles. The van der Waals surface area contributed by atoms with E-state index < -0.39 is 0 Å². The van der Waals surface area contributed by atoms with E-state index in [2.05, 4.69) is 4.98 Å². The Balaban J connectivity index is 2.51. The van der Waals surface area contributed by atoms with Crippen molar-refractivity contribution in [1.82, 2.24) is 9.88 Å². The first kappa shape index (κ1) is 8.17. The van der Waals surface area contributed by atoms with Crippen LogP contribution in [0.2, 0.25) is 0 Å². The molecule has 3 nitrogen and oxygen atoms in total. The Morgan fingerprint density at radius 2 is 2.36 bits per heavy atom. The Morgan fingerprint density at radius 3 is 2.91 bits per heavy atom. The van der Waals surface area contributed by atoms with E-state index in [1.165, 1.54) is 0 Å². The average molecular weight is 152 g/mol. The summed E-state index contributed by atoms with van der Waals surface area (Å²) in [7, 11) is 1.84. The maximum atomic E-state index is 8.69. The third kappa shape index (κ3) is 2.65. The van der Waals surface area contributed by atoms with E-state index >= 15 is 0 Å². The summed E-state index contributed by atoms with van der Waals surface area (Å²) >= 11 is 0. The summed E-state index contributed by atoms with van der Waals surface area (Å²) in [6.45, 7) is 0.758. The largest absolute Gasteiger partial charge is 0.381 e. The first-order chi connectivity index (χ1) is 5.33. The molecule has 60 valence electrons. The van der Waals surface area contributed by atoms with Crippen molar-refractivity contribution in [3.8, 4) is 0 Å². The number of nitrogens with zero attached hydrogens (tertiary/aromatic N) is 2. The molecular weight excluding hydrogens is 140 g/mol. The highest BCUT2D eigenvalue weighted by molar-refractivity contribution is 5.02. The predicted octanol–water partition coefficient (Wildman–Crippen LogP) is 0.463. The smallest absolute Gasteiger partial charge is 0.0957 e. The Hall–Kier alpha value is -0.930. The van der Waals surface area contributed by atoms with Crippen LogP contribution < -0.4 is 0 Å². The van der Waals surface area contributed by atoms with Gasteiger partial charge in [0.05, 0.1) is 12.4 Å². The third-order valence-corrected chi connectivity index (χ3v) is 1.40. The molecule has 0 amide bonds. The lowest BCUT2D eigenvalue weighted by Crippen LogP contribution is -2.18. The summed E-state index contributed by atoms with van der Waals surface area (Å²) in [5.41, 5.74) is 0.976. The fourth-order valence-corrected chi connectivity index (χ4v) is 0.818. The molecule has 0 fully saturated rings. The van der Waals surface area contributed by atoms with Gasteiger partial charge in [0.25, 0.3) is 0 Å². The first-order valence-electron chi connectivity index (χ1n) is 3.52. The normalized spacial score (nSPS) is 10.5. The summed E-state index contributed by atoms with van der Waals surface area (Å²) in [6.07, 6.45) is 1.75. The standard InChI is InChI=1S/C8H12N2O/c1-10(7-11)6-8-4-2-3-5-9-8/h2-5,11H,6-7H2,1H3. The van der Waals surface area contributed by atoms with Crippen LogP contribution in [0.15, 0.2) is 24.4 Å². The van der Waals surface area contributed by atoms with E-state index in [1.54, 1.807) is 11.1 Å². The van der Waals surface area contributed by atoms with Crippen molar-refractivity contribution in [3.63, 3.8) is 0 Å². The fourth-order valence-electron chi connectivity index (χ4n) is 0.818. The van der Waals surface area contributed by atoms with Gasteiger partial charge in [-0.3, -0.25) is 9.88 Å². The van der Waals surface area contributed by atoms with Gasteiger partial charge in [-0.2, -0.15) is 0 Å². The second-order valence-corrected chi connectivity index (χ2v) is 2.48. The Bertz CT molecular complexity index is 201. The Morgan fingerprint density at radius 1 is 1.55 bits per heavy atom. The molecule has 0 aliphatic heterocycles. The average Bonchev–Trinajstić information content (AvgIpc) is 2.06. The highest BCUT2D eigenvalue weighted by Gasteiger charge is 1.96. The number of aromatic nitrogens is 1. The molecule has 0 saturated carbocycles. The second kappa shape index (κ2) is 4.05. The van der Waals surface area contributed by atoms with Crippen LogP contribution in [0, 0.1) is 0 Å². The van der Waals surface area contributed by atoms with Crippen LogP contribution in [0.25, 0.3) is 0 Å². The lowest BCUT2D eigenvalue weighted by molar-refractivity contribution is 0.126. The van der Waals surface area contributed by atoms with Gasteiger partial charge in [0.1, 0.15) is 0 Å². The van der Waals surface area contributed by atoms with Gasteiger partial charge >= 0.3 is 0 Å². The molecule has 0 saturated heterocycles. The Kier molecular flexibility index (Phi) is 3.01. The van der Waals surface area contributed by atoms with Gasteiger partial charge in [-0.05, 0) is 19.2 Å². The van der Waals surface area contributed by atoms with Gasteiger partial charge in [-0.25, -0.2) is 0 Å². The molecule has 0 aliphatic carbocycles. The van der Waals surface area contributed by atoms with Gasteiger partial charge in [0, 0.05) is 12.7 Å². The zero-order valence-electron chi connectivity index (χ0n) is 6.57. The molecular formula is C8H12N2O. The van der Waals surface area contributed by atoms with Crippen molar-refractivity contribution < 1.29 is 5.11 Å². The van der Waals surface area contributed by atoms with Gasteiger partial charge < -0.3 is 5.11 Å². The van der Waals surface area contributed by atoms with Crippen LogP contribution in [0.1, 0.15) is 5.69 Å². The van der Waals surface area contributed by atoms with Gasteiger partial charge in [-0.1, -0.05) is 6.07 Å². The van der Waals surface area contributed by atoms with Crippen LogP contribution in [-0.2, 0) is 6.54 Å². The zero-order chi connectivity index (χ0) is 8.10. The summed E-state index contributed by atoms with van der Waals surface area (Å²) < 4.78 is 0. The third-order valence-electron chi connectivity index (χ3n) is 1.40. The molecule has 1 rings (SSSR count). The van der Waals surface area contributed by atoms with E-state index in [-0.39, 0.29) is 6.73 Å². The number of aliphatic hydroxyl groups is 1. The quantitative estimate of drug-likeness (QED) is 0.639. The van der Waals surface area contributed by atoms with E-state index in [4.69, 9.17) is 5.11 Å². The maximum Gasteiger partial charge on any atom is 0.0957 e. The molecule has 0 radical (unpaired) electrons. The number of rotatable bonds is 3. The number of aliphatic hydroxyl groups excluding tert-OH is 1. The van der Waals surface area contributed by atoms with E-state index in [0.29, 0.717) is 6.54 Å². The minimum Gasteiger partial charge on any atom is -0.381 e. The van der Waals surface area contributed by atoms with E-state index in [1.807, 2.05) is 25.2 Å². The van der Waals surface area contributed by atoms with Crippen molar-refractivity contribution in [2.24, 2.45) is 0 Å². The topological polar surface area (TPSA) is 36.4 Å². The molecule has 1 heterocycles. The SMILES string of the molecule is CN(CO)Cc1ccccn1. The zero-order valence-corrected chi connectivity index (χ0v) is 6.57. The van der Waals surface area contributed by atoms with Crippen molar-refractivity contribution in [2.45, 2.75) is 6.54 Å². The highest BCUT2D eigenvalue weighted by atomic mass is 16.3. The predicted molar refractivity (Wildman–Crippen MR) is 42.8 cm³/mol. The van der Waals surface area contributed by atoms with E-state index in [0.717, 1.165) is 5.69 Å². The number of pyridine rings is 1. The maximum absolute atomic E-state index is 8.69. The summed E-state index contributed by atoms with van der Waals surface area (Å²) in [5, 5.41) is 8.69. The summed E-state index contributed by atoms with van der Waals surface area (Å²) in [6, 6.07) is 5.75.